The predicted octanol–water partition coefficient (Wildman–Crippen LogP) is 5.37. The number of imidazole rings is 1. The summed E-state index contributed by atoms with van der Waals surface area (Å²) in [6.07, 6.45) is 3.69. The Morgan fingerprint density at radius 2 is 1.92 bits per heavy atom. The lowest BCUT2D eigenvalue weighted by Crippen LogP contribution is -2.22. The van der Waals surface area contributed by atoms with Crippen molar-refractivity contribution in [3.05, 3.63) is 70.5 Å². The highest BCUT2D eigenvalue weighted by molar-refractivity contribution is 9.10. The molecule has 1 unspecified atom stereocenters. The maximum Gasteiger partial charge on any atom is 0.237 e. The molecule has 0 saturated heterocycles. The van der Waals surface area contributed by atoms with Crippen molar-refractivity contribution in [2.24, 2.45) is 0 Å². The van der Waals surface area contributed by atoms with E-state index in [0.29, 0.717) is 0 Å². The van der Waals surface area contributed by atoms with Gasteiger partial charge in [-0.2, -0.15) is 0 Å². The molecule has 1 aromatic heterocycles. The second-order valence-electron chi connectivity index (χ2n) is 6.13. The minimum atomic E-state index is -0.273. The maximum absolute atomic E-state index is 12.5. The maximum atomic E-state index is 12.5. The first-order valence-corrected chi connectivity index (χ1v) is 9.95. The van der Waals surface area contributed by atoms with E-state index in [0.717, 1.165) is 21.0 Å². The normalized spacial score (nSPS) is 12.0. The second kappa shape index (κ2) is 8.10. The average Bonchev–Trinajstić information content (AvgIpc) is 3.04. The van der Waals surface area contributed by atoms with Crippen molar-refractivity contribution >= 4 is 39.3 Å². The Hall–Kier alpha value is -2.05. The van der Waals surface area contributed by atoms with Gasteiger partial charge in [0.2, 0.25) is 5.91 Å². The first-order chi connectivity index (χ1) is 12.4. The van der Waals surface area contributed by atoms with Crippen molar-refractivity contribution in [1.29, 1.82) is 0 Å². The SMILES string of the molecule is Cc1ccc(-n2ccnc2SC(C)C(=O)Nc2ccc(Br)cc2)c(C)c1. The number of hydrogen-bond donors (Lipinski definition) is 1. The van der Waals surface area contributed by atoms with E-state index >= 15 is 0 Å². The smallest absolute Gasteiger partial charge is 0.237 e. The fourth-order valence-electron chi connectivity index (χ4n) is 2.62. The van der Waals surface area contributed by atoms with Gasteiger partial charge >= 0.3 is 0 Å². The van der Waals surface area contributed by atoms with Crippen LogP contribution in [0.4, 0.5) is 5.69 Å². The quantitative estimate of drug-likeness (QED) is 0.554. The van der Waals surface area contributed by atoms with Crippen LogP contribution in [-0.4, -0.2) is 20.7 Å². The van der Waals surface area contributed by atoms with Crippen molar-refractivity contribution in [2.45, 2.75) is 31.2 Å². The minimum Gasteiger partial charge on any atom is -0.325 e. The van der Waals surface area contributed by atoms with Gasteiger partial charge in [-0.1, -0.05) is 45.4 Å². The topological polar surface area (TPSA) is 46.9 Å². The number of aryl methyl sites for hydroxylation is 2. The summed E-state index contributed by atoms with van der Waals surface area (Å²) in [5.74, 6) is -0.0486. The van der Waals surface area contributed by atoms with Gasteiger partial charge in [0.25, 0.3) is 0 Å². The van der Waals surface area contributed by atoms with Gasteiger partial charge < -0.3 is 5.32 Å². The largest absolute Gasteiger partial charge is 0.325 e. The van der Waals surface area contributed by atoms with E-state index in [1.54, 1.807) is 6.20 Å². The molecule has 0 spiro atoms. The Morgan fingerprint density at radius 3 is 2.62 bits per heavy atom. The summed E-state index contributed by atoms with van der Waals surface area (Å²) >= 11 is 4.84. The zero-order valence-corrected chi connectivity index (χ0v) is 17.3. The van der Waals surface area contributed by atoms with Crippen LogP contribution in [0.3, 0.4) is 0 Å². The highest BCUT2D eigenvalue weighted by atomic mass is 79.9. The average molecular weight is 430 g/mol. The molecule has 4 nitrogen and oxygen atoms in total. The summed E-state index contributed by atoms with van der Waals surface area (Å²) in [5.41, 5.74) is 4.26. The van der Waals surface area contributed by atoms with Gasteiger partial charge in [0.1, 0.15) is 0 Å². The Bertz CT molecular complexity index is 921. The molecular weight excluding hydrogens is 410 g/mol. The molecule has 1 amide bonds. The van der Waals surface area contributed by atoms with Gasteiger partial charge in [0.15, 0.2) is 5.16 Å². The zero-order valence-electron chi connectivity index (χ0n) is 14.9. The van der Waals surface area contributed by atoms with Crippen LogP contribution in [0.2, 0.25) is 0 Å². The van der Waals surface area contributed by atoms with Crippen molar-refractivity contribution in [2.75, 3.05) is 5.32 Å². The number of nitrogens with one attached hydrogen (secondary N) is 1. The Morgan fingerprint density at radius 1 is 1.19 bits per heavy atom. The molecule has 3 aromatic rings. The van der Waals surface area contributed by atoms with E-state index in [1.807, 2.05) is 42.0 Å². The van der Waals surface area contributed by atoms with E-state index < -0.39 is 0 Å². The summed E-state index contributed by atoms with van der Waals surface area (Å²) in [6, 6.07) is 13.9. The molecule has 0 fully saturated rings. The molecule has 0 saturated carbocycles. The molecule has 1 N–H and O–H groups in total. The molecule has 0 aliphatic rings. The van der Waals surface area contributed by atoms with Crippen LogP contribution in [-0.2, 0) is 4.79 Å². The van der Waals surface area contributed by atoms with E-state index in [2.05, 4.69) is 58.3 Å². The lowest BCUT2D eigenvalue weighted by molar-refractivity contribution is -0.115. The van der Waals surface area contributed by atoms with Crippen LogP contribution in [0.25, 0.3) is 5.69 Å². The highest BCUT2D eigenvalue weighted by Crippen LogP contribution is 2.27. The molecule has 6 heteroatoms. The van der Waals surface area contributed by atoms with E-state index in [9.17, 15) is 4.79 Å². The van der Waals surface area contributed by atoms with Gasteiger partial charge in [-0.15, -0.1) is 0 Å². The number of hydrogen-bond acceptors (Lipinski definition) is 3. The van der Waals surface area contributed by atoms with Crippen molar-refractivity contribution in [3.8, 4) is 5.69 Å². The fraction of sp³-hybridized carbons (Fsp3) is 0.200. The Balaban J connectivity index is 1.74. The lowest BCUT2D eigenvalue weighted by Gasteiger charge is -2.14. The summed E-state index contributed by atoms with van der Waals surface area (Å²) in [5, 5.41) is 3.47. The molecule has 134 valence electrons. The van der Waals surface area contributed by atoms with Gasteiger partial charge in [-0.25, -0.2) is 4.98 Å². The summed E-state index contributed by atoms with van der Waals surface area (Å²) < 4.78 is 3.01. The number of carbonyl (C=O) groups is 1. The van der Waals surface area contributed by atoms with Crippen molar-refractivity contribution < 1.29 is 4.79 Å². The van der Waals surface area contributed by atoms with E-state index in [1.165, 1.54) is 22.9 Å². The molecule has 2 aromatic carbocycles. The summed E-state index contributed by atoms with van der Waals surface area (Å²) in [4.78, 5) is 16.9. The molecule has 0 aliphatic heterocycles. The number of nitrogens with zero attached hydrogens (tertiary/aromatic N) is 2. The number of rotatable bonds is 5. The standard InChI is InChI=1S/C20H20BrN3OS/c1-13-4-9-18(14(2)12-13)24-11-10-22-20(24)26-15(3)19(25)23-17-7-5-16(21)6-8-17/h4-12,15H,1-3H3,(H,23,25). The molecule has 1 heterocycles. The third kappa shape index (κ3) is 4.37. The number of carbonyl (C=O) groups excluding carboxylic acids is 1. The van der Waals surface area contributed by atoms with Crippen molar-refractivity contribution in [3.63, 3.8) is 0 Å². The molecule has 3 rings (SSSR count). The number of halogens is 1. The van der Waals surface area contributed by atoms with Crippen LogP contribution in [0, 0.1) is 13.8 Å². The fourth-order valence-corrected chi connectivity index (χ4v) is 3.77. The van der Waals surface area contributed by atoms with Crippen LogP contribution >= 0.6 is 27.7 Å². The minimum absolute atomic E-state index is 0.0486. The molecule has 1 atom stereocenters. The third-order valence-corrected chi connectivity index (χ3v) is 5.59. The summed E-state index contributed by atoms with van der Waals surface area (Å²) in [7, 11) is 0. The van der Waals surface area contributed by atoms with Gasteiger partial charge in [-0.05, 0) is 56.7 Å². The van der Waals surface area contributed by atoms with E-state index in [-0.39, 0.29) is 11.2 Å². The molecule has 0 aliphatic carbocycles. The molecule has 0 bridgehead atoms. The number of thioether (sulfide) groups is 1. The number of aromatic nitrogens is 2. The number of anilines is 1. The second-order valence-corrected chi connectivity index (χ2v) is 8.35. The summed E-state index contributed by atoms with van der Waals surface area (Å²) in [6.45, 7) is 6.05. The van der Waals surface area contributed by atoms with Crippen molar-refractivity contribution in [1.82, 2.24) is 9.55 Å². The first kappa shape index (κ1) is 18.7. The zero-order chi connectivity index (χ0) is 18.7. The first-order valence-electron chi connectivity index (χ1n) is 8.28. The van der Waals surface area contributed by atoms with E-state index in [4.69, 9.17) is 0 Å². The monoisotopic (exact) mass is 429 g/mol. The molecule has 0 radical (unpaired) electrons. The Kier molecular flexibility index (Phi) is 5.84. The number of amides is 1. The third-order valence-electron chi connectivity index (χ3n) is 3.98. The van der Waals surface area contributed by atoms with Gasteiger partial charge in [-0.3, -0.25) is 9.36 Å². The highest BCUT2D eigenvalue weighted by Gasteiger charge is 2.18. The Labute approximate surface area is 166 Å². The van der Waals surface area contributed by atoms with Crippen LogP contribution < -0.4 is 5.32 Å². The van der Waals surface area contributed by atoms with Gasteiger partial charge in [0.05, 0.1) is 10.9 Å². The van der Waals surface area contributed by atoms with Crippen LogP contribution in [0.1, 0.15) is 18.1 Å². The predicted molar refractivity (Wildman–Crippen MR) is 111 cm³/mol. The molecule has 26 heavy (non-hydrogen) atoms. The lowest BCUT2D eigenvalue weighted by atomic mass is 10.1. The van der Waals surface area contributed by atoms with Gasteiger partial charge in [0, 0.05) is 22.6 Å². The molecular formula is C20H20BrN3OS. The van der Waals surface area contributed by atoms with Crippen LogP contribution in [0.15, 0.2) is 64.5 Å². The van der Waals surface area contributed by atoms with Crippen LogP contribution in [0.5, 0.6) is 0 Å². The number of benzene rings is 2.